The molecule has 2 heterocycles. The Morgan fingerprint density at radius 2 is 1.90 bits per heavy atom. The number of aliphatic hydroxyl groups excluding tert-OH is 1. The van der Waals surface area contributed by atoms with Crippen LogP contribution < -0.4 is 5.32 Å². The van der Waals surface area contributed by atoms with E-state index in [0.29, 0.717) is 6.04 Å². The van der Waals surface area contributed by atoms with E-state index in [2.05, 4.69) is 22.0 Å². The zero-order chi connectivity index (χ0) is 14.0. The van der Waals surface area contributed by atoms with Crippen LogP contribution >= 0.6 is 0 Å². The highest BCUT2D eigenvalue weighted by Crippen LogP contribution is 2.25. The van der Waals surface area contributed by atoms with Crippen molar-refractivity contribution in [3.05, 3.63) is 0 Å². The van der Waals surface area contributed by atoms with Gasteiger partial charge in [0.05, 0.1) is 6.61 Å². The molecule has 0 radical (unpaired) electrons. The highest BCUT2D eigenvalue weighted by molar-refractivity contribution is 4.94. The van der Waals surface area contributed by atoms with E-state index >= 15 is 0 Å². The monoisotopic (exact) mass is 281 g/mol. The number of aliphatic hydroxyl groups is 1. The topological polar surface area (TPSA) is 38.7 Å². The van der Waals surface area contributed by atoms with Crippen molar-refractivity contribution in [3.8, 4) is 0 Å². The van der Waals surface area contributed by atoms with E-state index in [9.17, 15) is 5.11 Å². The number of rotatable bonds is 7. The molecule has 0 amide bonds. The first kappa shape index (κ1) is 14.8. The molecule has 20 heavy (non-hydrogen) atoms. The second-order valence-electron chi connectivity index (χ2n) is 7.37. The molecule has 3 rings (SSSR count). The lowest BCUT2D eigenvalue weighted by atomic mass is 9.98. The van der Waals surface area contributed by atoms with Crippen LogP contribution in [0.5, 0.6) is 0 Å². The van der Waals surface area contributed by atoms with Crippen LogP contribution in [0.1, 0.15) is 45.4 Å². The Bertz CT molecular complexity index is 315. The largest absolute Gasteiger partial charge is 0.394 e. The van der Waals surface area contributed by atoms with Crippen molar-refractivity contribution >= 4 is 0 Å². The normalized spacial score (nSPS) is 31.8. The lowest BCUT2D eigenvalue weighted by Crippen LogP contribution is -2.49. The van der Waals surface area contributed by atoms with E-state index in [0.717, 1.165) is 19.0 Å². The first-order chi connectivity index (χ1) is 9.68. The number of nitrogens with one attached hydrogen (secondary N) is 1. The number of likely N-dealkylation sites (tertiary alicyclic amines) is 2. The van der Waals surface area contributed by atoms with Crippen LogP contribution in [0.2, 0.25) is 0 Å². The summed E-state index contributed by atoms with van der Waals surface area (Å²) in [5.41, 5.74) is -0.0765. The third-order valence-electron chi connectivity index (χ3n) is 5.36. The third kappa shape index (κ3) is 3.73. The third-order valence-corrected chi connectivity index (χ3v) is 5.36. The minimum atomic E-state index is -0.0765. The van der Waals surface area contributed by atoms with Crippen LogP contribution in [-0.2, 0) is 0 Å². The Hall–Kier alpha value is -0.160. The van der Waals surface area contributed by atoms with E-state index in [4.69, 9.17) is 0 Å². The first-order valence-electron chi connectivity index (χ1n) is 8.53. The fourth-order valence-corrected chi connectivity index (χ4v) is 3.74. The van der Waals surface area contributed by atoms with Gasteiger partial charge in [0, 0.05) is 30.7 Å². The summed E-state index contributed by atoms with van der Waals surface area (Å²) in [5.74, 6) is 0. The molecule has 0 spiro atoms. The van der Waals surface area contributed by atoms with Crippen LogP contribution in [0.3, 0.4) is 0 Å². The smallest absolute Gasteiger partial charge is 0.0611 e. The van der Waals surface area contributed by atoms with Crippen molar-refractivity contribution < 1.29 is 5.11 Å². The summed E-state index contributed by atoms with van der Waals surface area (Å²) in [7, 11) is 0. The fraction of sp³-hybridized carbons (Fsp3) is 1.00. The zero-order valence-electron chi connectivity index (χ0n) is 13.0. The molecule has 2 saturated heterocycles. The lowest BCUT2D eigenvalue weighted by molar-refractivity contribution is 0.146. The minimum Gasteiger partial charge on any atom is -0.394 e. The van der Waals surface area contributed by atoms with Gasteiger partial charge in [-0.2, -0.15) is 0 Å². The standard InChI is InChI=1S/C16H31N3O/c1-16(13-20,17-14-4-5-14)7-11-18-10-6-15(12-18)19-8-2-3-9-19/h14-15,17,20H,2-13H2,1H3. The van der Waals surface area contributed by atoms with Crippen LogP contribution in [0.25, 0.3) is 0 Å². The second kappa shape index (κ2) is 6.30. The summed E-state index contributed by atoms with van der Waals surface area (Å²) >= 11 is 0. The van der Waals surface area contributed by atoms with Gasteiger partial charge in [0.25, 0.3) is 0 Å². The van der Waals surface area contributed by atoms with E-state index in [1.807, 2.05) is 0 Å². The van der Waals surface area contributed by atoms with Crippen LogP contribution in [0, 0.1) is 0 Å². The van der Waals surface area contributed by atoms with Crippen LogP contribution in [-0.4, -0.2) is 71.9 Å². The first-order valence-corrected chi connectivity index (χ1v) is 8.53. The van der Waals surface area contributed by atoms with Gasteiger partial charge in [0.2, 0.25) is 0 Å². The summed E-state index contributed by atoms with van der Waals surface area (Å²) in [6.07, 6.45) is 7.76. The van der Waals surface area contributed by atoms with Crippen molar-refractivity contribution in [2.75, 3.05) is 39.3 Å². The fourth-order valence-electron chi connectivity index (χ4n) is 3.74. The van der Waals surface area contributed by atoms with Gasteiger partial charge < -0.3 is 15.3 Å². The van der Waals surface area contributed by atoms with Gasteiger partial charge in [-0.25, -0.2) is 0 Å². The van der Waals surface area contributed by atoms with E-state index < -0.39 is 0 Å². The molecule has 116 valence electrons. The maximum absolute atomic E-state index is 9.67. The van der Waals surface area contributed by atoms with Gasteiger partial charge in [-0.05, 0) is 65.1 Å². The highest BCUT2D eigenvalue weighted by Gasteiger charge is 2.34. The molecule has 2 aliphatic heterocycles. The molecule has 0 bridgehead atoms. The number of hydrogen-bond acceptors (Lipinski definition) is 4. The summed E-state index contributed by atoms with van der Waals surface area (Å²) < 4.78 is 0. The van der Waals surface area contributed by atoms with Crippen molar-refractivity contribution in [1.82, 2.24) is 15.1 Å². The zero-order valence-corrected chi connectivity index (χ0v) is 13.0. The predicted molar refractivity (Wildman–Crippen MR) is 81.9 cm³/mol. The van der Waals surface area contributed by atoms with E-state index in [1.54, 1.807) is 0 Å². The Balaban J connectivity index is 1.41. The highest BCUT2D eigenvalue weighted by atomic mass is 16.3. The van der Waals surface area contributed by atoms with Crippen LogP contribution in [0.15, 0.2) is 0 Å². The molecule has 2 unspecified atom stereocenters. The van der Waals surface area contributed by atoms with E-state index in [1.165, 1.54) is 58.3 Å². The summed E-state index contributed by atoms with van der Waals surface area (Å²) in [6, 6.07) is 1.47. The summed E-state index contributed by atoms with van der Waals surface area (Å²) in [5, 5.41) is 13.3. The molecule has 3 fully saturated rings. The lowest BCUT2D eigenvalue weighted by Gasteiger charge is -2.31. The molecule has 0 aromatic carbocycles. The molecule has 1 saturated carbocycles. The van der Waals surface area contributed by atoms with Gasteiger partial charge in [-0.1, -0.05) is 0 Å². The average molecular weight is 281 g/mol. The molecule has 2 N–H and O–H groups in total. The average Bonchev–Trinajstić information content (AvgIpc) is 2.97. The van der Waals surface area contributed by atoms with Crippen molar-refractivity contribution in [3.63, 3.8) is 0 Å². The van der Waals surface area contributed by atoms with Crippen LogP contribution in [0.4, 0.5) is 0 Å². The van der Waals surface area contributed by atoms with Gasteiger partial charge in [-0.15, -0.1) is 0 Å². The molecule has 4 heteroatoms. The maximum atomic E-state index is 9.67. The van der Waals surface area contributed by atoms with Gasteiger partial charge >= 0.3 is 0 Å². The molecule has 0 aromatic rings. The maximum Gasteiger partial charge on any atom is 0.0611 e. The summed E-state index contributed by atoms with van der Waals surface area (Å²) in [4.78, 5) is 5.29. The molecule has 3 aliphatic rings. The van der Waals surface area contributed by atoms with Crippen molar-refractivity contribution in [2.24, 2.45) is 0 Å². The predicted octanol–water partition coefficient (Wildman–Crippen LogP) is 1.05. The SMILES string of the molecule is CC(CO)(CCN1CCC(N2CCCC2)C1)NC1CC1. The summed E-state index contributed by atoms with van der Waals surface area (Å²) in [6.45, 7) is 8.68. The number of nitrogens with zero attached hydrogens (tertiary/aromatic N) is 2. The Kier molecular flexibility index (Phi) is 4.65. The van der Waals surface area contributed by atoms with Crippen molar-refractivity contribution in [2.45, 2.75) is 63.1 Å². The van der Waals surface area contributed by atoms with Gasteiger partial charge in [0.15, 0.2) is 0 Å². The molecule has 2 atom stereocenters. The molecular weight excluding hydrogens is 250 g/mol. The molecular formula is C16H31N3O. The molecule has 4 nitrogen and oxygen atoms in total. The quantitative estimate of drug-likeness (QED) is 0.732. The Morgan fingerprint density at radius 1 is 1.15 bits per heavy atom. The Morgan fingerprint density at radius 3 is 2.55 bits per heavy atom. The van der Waals surface area contributed by atoms with Gasteiger partial charge in [-0.3, -0.25) is 4.90 Å². The van der Waals surface area contributed by atoms with Crippen molar-refractivity contribution in [1.29, 1.82) is 0 Å². The second-order valence-corrected chi connectivity index (χ2v) is 7.37. The molecule has 0 aromatic heterocycles. The van der Waals surface area contributed by atoms with Gasteiger partial charge in [0.1, 0.15) is 0 Å². The number of hydrogen-bond donors (Lipinski definition) is 2. The Labute approximate surface area is 123 Å². The molecule has 1 aliphatic carbocycles. The minimum absolute atomic E-state index is 0.0765. The van der Waals surface area contributed by atoms with E-state index in [-0.39, 0.29) is 12.1 Å².